The lowest BCUT2D eigenvalue weighted by Crippen LogP contribution is -2.12. The second-order valence-electron chi connectivity index (χ2n) is 1.83. The maximum atomic E-state index is 4.96. The highest BCUT2D eigenvalue weighted by molar-refractivity contribution is 7.09. The van der Waals surface area contributed by atoms with E-state index in [-0.39, 0.29) is 0 Å². The van der Waals surface area contributed by atoms with Crippen LogP contribution in [-0.4, -0.2) is 6.61 Å². The van der Waals surface area contributed by atoms with E-state index in [4.69, 9.17) is 4.84 Å². The smallest absolute Gasteiger partial charge is 0.0654 e. The van der Waals surface area contributed by atoms with Gasteiger partial charge in [-0.1, -0.05) is 6.07 Å². The Labute approximate surface area is 64.8 Å². The molecule has 3 heteroatoms. The minimum Gasteiger partial charge on any atom is -0.302 e. The van der Waals surface area contributed by atoms with Crippen molar-refractivity contribution in [2.75, 3.05) is 6.61 Å². The number of hydrogen-bond acceptors (Lipinski definition) is 3. The molecule has 1 N–H and O–H groups in total. The summed E-state index contributed by atoms with van der Waals surface area (Å²) in [5.41, 5.74) is 2.85. The van der Waals surface area contributed by atoms with Crippen LogP contribution in [0.3, 0.4) is 0 Å². The molecule has 0 unspecified atom stereocenters. The summed E-state index contributed by atoms with van der Waals surface area (Å²) in [5, 5.41) is 2.06. The van der Waals surface area contributed by atoms with Gasteiger partial charge in [-0.25, -0.2) is 0 Å². The first kappa shape index (κ1) is 7.72. The normalized spacial score (nSPS) is 10.1. The first-order valence-electron chi connectivity index (χ1n) is 3.30. The minimum absolute atomic E-state index is 0.714. The monoisotopic (exact) mass is 157 g/mol. The molecule has 10 heavy (non-hydrogen) atoms. The van der Waals surface area contributed by atoms with Gasteiger partial charge in [-0.3, -0.25) is 0 Å². The highest BCUT2D eigenvalue weighted by Gasteiger charge is 1.89. The van der Waals surface area contributed by atoms with Crippen LogP contribution in [0.2, 0.25) is 0 Å². The van der Waals surface area contributed by atoms with Crippen molar-refractivity contribution in [2.24, 2.45) is 0 Å². The van der Waals surface area contributed by atoms with Gasteiger partial charge in [0.2, 0.25) is 0 Å². The van der Waals surface area contributed by atoms with E-state index in [1.165, 1.54) is 4.88 Å². The van der Waals surface area contributed by atoms with Crippen molar-refractivity contribution in [3.8, 4) is 0 Å². The molecule has 56 valence electrons. The number of nitrogens with one attached hydrogen (secondary N) is 1. The summed E-state index contributed by atoms with van der Waals surface area (Å²) in [6, 6.07) is 4.12. The quantitative estimate of drug-likeness (QED) is 0.531. The molecule has 0 spiro atoms. The lowest BCUT2D eigenvalue weighted by atomic mass is 10.5. The SMILES string of the molecule is CCONCc1cccs1. The van der Waals surface area contributed by atoms with Gasteiger partial charge in [0.05, 0.1) is 13.2 Å². The molecule has 0 radical (unpaired) electrons. The van der Waals surface area contributed by atoms with Gasteiger partial charge in [-0.15, -0.1) is 11.3 Å². The molecule has 2 nitrogen and oxygen atoms in total. The van der Waals surface area contributed by atoms with Crippen LogP contribution in [0.15, 0.2) is 17.5 Å². The van der Waals surface area contributed by atoms with Gasteiger partial charge in [0.1, 0.15) is 0 Å². The molecule has 0 saturated carbocycles. The average Bonchev–Trinajstić information content (AvgIpc) is 2.41. The molecular weight excluding hydrogens is 146 g/mol. The van der Waals surface area contributed by atoms with Gasteiger partial charge < -0.3 is 4.84 Å². The van der Waals surface area contributed by atoms with E-state index in [0.717, 1.165) is 6.54 Å². The first-order valence-corrected chi connectivity index (χ1v) is 4.18. The van der Waals surface area contributed by atoms with Crippen LogP contribution in [0.5, 0.6) is 0 Å². The average molecular weight is 157 g/mol. The Morgan fingerprint density at radius 1 is 1.70 bits per heavy atom. The lowest BCUT2D eigenvalue weighted by molar-refractivity contribution is 0.0469. The van der Waals surface area contributed by atoms with E-state index in [1.54, 1.807) is 11.3 Å². The zero-order valence-electron chi connectivity index (χ0n) is 5.96. The standard InChI is InChI=1S/C7H11NOS/c1-2-9-8-6-7-4-3-5-10-7/h3-5,8H,2,6H2,1H3. The van der Waals surface area contributed by atoms with Crippen molar-refractivity contribution >= 4 is 11.3 Å². The van der Waals surface area contributed by atoms with Crippen molar-refractivity contribution in [3.05, 3.63) is 22.4 Å². The molecule has 1 rings (SSSR count). The highest BCUT2D eigenvalue weighted by Crippen LogP contribution is 2.06. The molecule has 0 aromatic carbocycles. The van der Waals surface area contributed by atoms with E-state index in [9.17, 15) is 0 Å². The third-order valence-electron chi connectivity index (χ3n) is 1.07. The lowest BCUT2D eigenvalue weighted by Gasteiger charge is -1.99. The Morgan fingerprint density at radius 2 is 2.60 bits per heavy atom. The van der Waals surface area contributed by atoms with Crippen LogP contribution < -0.4 is 5.48 Å². The Hall–Kier alpha value is -0.380. The summed E-state index contributed by atoms with van der Waals surface area (Å²) in [5.74, 6) is 0. The molecule has 1 aromatic rings. The maximum absolute atomic E-state index is 4.96. The number of hydrogen-bond donors (Lipinski definition) is 1. The van der Waals surface area contributed by atoms with Crippen LogP contribution in [0.25, 0.3) is 0 Å². The summed E-state index contributed by atoms with van der Waals surface area (Å²) >= 11 is 1.73. The van der Waals surface area contributed by atoms with Crippen molar-refractivity contribution in [2.45, 2.75) is 13.5 Å². The van der Waals surface area contributed by atoms with Gasteiger partial charge >= 0.3 is 0 Å². The summed E-state index contributed by atoms with van der Waals surface area (Å²) in [6.45, 7) is 3.48. The Morgan fingerprint density at radius 3 is 3.20 bits per heavy atom. The van der Waals surface area contributed by atoms with Crippen LogP contribution >= 0.6 is 11.3 Å². The highest BCUT2D eigenvalue weighted by atomic mass is 32.1. The molecule has 0 atom stereocenters. The molecule has 0 aliphatic heterocycles. The number of rotatable bonds is 4. The van der Waals surface area contributed by atoms with Gasteiger partial charge in [0.25, 0.3) is 0 Å². The largest absolute Gasteiger partial charge is 0.302 e. The second kappa shape index (κ2) is 4.44. The molecule has 0 saturated heterocycles. The predicted octanol–water partition coefficient (Wildman–Crippen LogP) is 1.79. The zero-order chi connectivity index (χ0) is 7.23. The summed E-state index contributed by atoms with van der Waals surface area (Å²) < 4.78 is 0. The third-order valence-corrected chi connectivity index (χ3v) is 1.95. The van der Waals surface area contributed by atoms with Crippen LogP contribution in [0, 0.1) is 0 Å². The van der Waals surface area contributed by atoms with Crippen LogP contribution in [0.1, 0.15) is 11.8 Å². The molecular formula is C7H11NOS. The second-order valence-corrected chi connectivity index (χ2v) is 2.87. The van der Waals surface area contributed by atoms with Crippen LogP contribution in [-0.2, 0) is 11.4 Å². The maximum Gasteiger partial charge on any atom is 0.0654 e. The number of hydroxylamine groups is 1. The fraction of sp³-hybridized carbons (Fsp3) is 0.429. The fourth-order valence-electron chi connectivity index (χ4n) is 0.637. The van der Waals surface area contributed by atoms with Crippen molar-refractivity contribution in [1.29, 1.82) is 0 Å². The summed E-state index contributed by atoms with van der Waals surface area (Å²) in [4.78, 5) is 6.26. The van der Waals surface area contributed by atoms with E-state index in [0.29, 0.717) is 6.61 Å². The minimum atomic E-state index is 0.714. The Bertz CT molecular complexity index is 162. The van der Waals surface area contributed by atoms with Gasteiger partial charge in [0, 0.05) is 4.88 Å². The van der Waals surface area contributed by atoms with E-state index in [2.05, 4.69) is 16.9 Å². The van der Waals surface area contributed by atoms with E-state index >= 15 is 0 Å². The molecule has 0 fully saturated rings. The summed E-state index contributed by atoms with van der Waals surface area (Å²) in [6.07, 6.45) is 0. The first-order chi connectivity index (χ1) is 4.93. The molecule has 0 amide bonds. The Kier molecular flexibility index (Phi) is 3.43. The predicted molar refractivity (Wildman–Crippen MR) is 42.8 cm³/mol. The topological polar surface area (TPSA) is 21.3 Å². The Balaban J connectivity index is 2.15. The van der Waals surface area contributed by atoms with Gasteiger partial charge in [0.15, 0.2) is 0 Å². The molecule has 1 heterocycles. The fourth-order valence-corrected chi connectivity index (χ4v) is 1.27. The van der Waals surface area contributed by atoms with Gasteiger partial charge in [-0.2, -0.15) is 5.48 Å². The molecule has 0 aliphatic carbocycles. The van der Waals surface area contributed by atoms with Crippen LogP contribution in [0.4, 0.5) is 0 Å². The zero-order valence-corrected chi connectivity index (χ0v) is 6.78. The van der Waals surface area contributed by atoms with Crippen molar-refractivity contribution < 1.29 is 4.84 Å². The van der Waals surface area contributed by atoms with Crippen molar-refractivity contribution in [1.82, 2.24) is 5.48 Å². The third kappa shape index (κ3) is 2.47. The van der Waals surface area contributed by atoms with Gasteiger partial charge in [-0.05, 0) is 18.4 Å². The molecule has 0 aliphatic rings. The number of thiophene rings is 1. The van der Waals surface area contributed by atoms with E-state index in [1.807, 2.05) is 13.0 Å². The van der Waals surface area contributed by atoms with E-state index < -0.39 is 0 Å². The molecule has 1 aromatic heterocycles. The van der Waals surface area contributed by atoms with Crippen molar-refractivity contribution in [3.63, 3.8) is 0 Å². The summed E-state index contributed by atoms with van der Waals surface area (Å²) in [7, 11) is 0. The molecule has 0 bridgehead atoms.